The highest BCUT2D eigenvalue weighted by atomic mass is 16.5. The molecule has 8 atom stereocenters. The summed E-state index contributed by atoms with van der Waals surface area (Å²) in [6, 6.07) is 5.61. The number of allylic oxidation sites excluding steroid dienone is 2. The van der Waals surface area contributed by atoms with E-state index in [1.165, 1.54) is 69.8 Å². The maximum absolute atomic E-state index is 12.6. The minimum absolute atomic E-state index is 0.0712. The zero-order valence-electron chi connectivity index (χ0n) is 27.2. The fraction of sp³-hybridized carbons (Fsp3) is 0.763. The van der Waals surface area contributed by atoms with Crippen molar-refractivity contribution >= 4 is 11.5 Å². The average molecular weight is 561 g/mol. The van der Waals surface area contributed by atoms with Crippen molar-refractivity contribution in [3.05, 3.63) is 35.4 Å². The Labute approximate surface area is 249 Å². The summed E-state index contributed by atoms with van der Waals surface area (Å²) in [5.41, 5.74) is 3.97. The topological polar surface area (TPSA) is 46.5 Å². The average Bonchev–Trinajstić information content (AvgIpc) is 3.51. The molecule has 4 fully saturated rings. The van der Waals surface area contributed by atoms with Crippen molar-refractivity contribution < 1.29 is 14.6 Å². The number of carbonyl (C=O) groups is 1. The van der Waals surface area contributed by atoms with Crippen molar-refractivity contribution in [2.24, 2.45) is 56.7 Å². The standard InChI is InChI=1S/C38H56O3/c1-24(2)11-9-12-25(3)27-18-20-36(7)31-16-15-30-34(4,5)19-17-28(32-26(33(39)40)13-10-14-29(32)41-8)38(30)23-37(31,38)22-21-35(27,36)6/h10,13-14,17,24-25,27,30-31H,9,11-12,15-16,18-23H2,1-8H3,(H,39,40)/t25-,27-,30+,31+,35-,36+,37+,38+/m1/s1. The second-order valence-corrected chi connectivity index (χ2v) is 16.8. The summed E-state index contributed by atoms with van der Waals surface area (Å²) >= 11 is 0. The van der Waals surface area contributed by atoms with Gasteiger partial charge in [-0.1, -0.05) is 79.9 Å². The summed E-state index contributed by atoms with van der Waals surface area (Å²) in [5.74, 6) is 3.64. The van der Waals surface area contributed by atoms with Crippen molar-refractivity contribution in [2.75, 3.05) is 7.11 Å². The molecule has 0 unspecified atom stereocenters. The van der Waals surface area contributed by atoms with E-state index in [0.717, 1.165) is 41.4 Å². The minimum atomic E-state index is -0.840. The van der Waals surface area contributed by atoms with Crippen molar-refractivity contribution in [1.82, 2.24) is 0 Å². The smallest absolute Gasteiger partial charge is 0.336 e. The van der Waals surface area contributed by atoms with Crippen LogP contribution in [0.25, 0.3) is 5.57 Å². The number of hydrogen-bond acceptors (Lipinski definition) is 2. The fourth-order valence-corrected chi connectivity index (χ4v) is 12.4. The highest BCUT2D eigenvalue weighted by Crippen LogP contribution is 2.90. The van der Waals surface area contributed by atoms with Crippen LogP contribution >= 0.6 is 0 Å². The molecule has 0 aromatic heterocycles. The van der Waals surface area contributed by atoms with Gasteiger partial charge in [0.25, 0.3) is 0 Å². The third-order valence-electron chi connectivity index (χ3n) is 14.5. The molecule has 5 aliphatic rings. The molecule has 0 bridgehead atoms. The third kappa shape index (κ3) is 3.85. The zero-order chi connectivity index (χ0) is 29.6. The molecule has 4 saturated carbocycles. The van der Waals surface area contributed by atoms with Gasteiger partial charge in [0.1, 0.15) is 5.75 Å². The van der Waals surface area contributed by atoms with Crippen molar-refractivity contribution in [3.63, 3.8) is 0 Å². The molecule has 226 valence electrons. The van der Waals surface area contributed by atoms with E-state index >= 15 is 0 Å². The summed E-state index contributed by atoms with van der Waals surface area (Å²) < 4.78 is 5.91. The molecule has 41 heavy (non-hydrogen) atoms. The maximum Gasteiger partial charge on any atom is 0.336 e. The Kier molecular flexibility index (Phi) is 6.87. The van der Waals surface area contributed by atoms with Gasteiger partial charge in [0.2, 0.25) is 0 Å². The monoisotopic (exact) mass is 560 g/mol. The van der Waals surface area contributed by atoms with Crippen molar-refractivity contribution in [1.29, 1.82) is 0 Å². The number of carboxylic acid groups (broad SMARTS) is 1. The Balaban J connectivity index is 1.40. The van der Waals surface area contributed by atoms with E-state index in [1.807, 2.05) is 12.1 Å². The van der Waals surface area contributed by atoms with Gasteiger partial charge in [-0.2, -0.15) is 0 Å². The van der Waals surface area contributed by atoms with Crippen LogP contribution in [-0.2, 0) is 0 Å². The quantitative estimate of drug-likeness (QED) is 0.344. The second kappa shape index (κ2) is 9.62. The third-order valence-corrected chi connectivity index (χ3v) is 14.5. The first-order chi connectivity index (χ1) is 19.3. The van der Waals surface area contributed by atoms with Crippen LogP contribution in [0.2, 0.25) is 0 Å². The first kappa shape index (κ1) is 29.3. The molecule has 5 aliphatic carbocycles. The van der Waals surface area contributed by atoms with Gasteiger partial charge >= 0.3 is 5.97 Å². The van der Waals surface area contributed by atoms with Gasteiger partial charge in [-0.15, -0.1) is 0 Å². The SMILES string of the molecule is COc1cccc(C(=O)O)c1C1=CCC(C)(C)[C@@H]2CC[C@@H]3[C@]4(CC[C@]5(C)[C@@H]([C@H](C)CCCC(C)C)CC[C@@]35C)C[C@]124. The number of rotatable bonds is 8. The highest BCUT2D eigenvalue weighted by Gasteiger charge is 2.83. The van der Waals surface area contributed by atoms with E-state index in [4.69, 9.17) is 4.74 Å². The van der Waals surface area contributed by atoms with Crippen LogP contribution in [0.3, 0.4) is 0 Å². The number of carboxylic acids is 1. The zero-order valence-corrected chi connectivity index (χ0v) is 27.2. The molecule has 0 aliphatic heterocycles. The Hall–Kier alpha value is -1.77. The normalized spacial score (nSPS) is 41.0. The Morgan fingerprint density at radius 2 is 1.71 bits per heavy atom. The van der Waals surface area contributed by atoms with E-state index in [2.05, 4.69) is 54.5 Å². The fourth-order valence-electron chi connectivity index (χ4n) is 12.4. The molecule has 1 N–H and O–H groups in total. The summed E-state index contributed by atoms with van der Waals surface area (Å²) in [5, 5.41) is 10.3. The van der Waals surface area contributed by atoms with Crippen LogP contribution in [0, 0.1) is 56.7 Å². The molecule has 2 spiro atoms. The number of hydrogen-bond donors (Lipinski definition) is 1. The van der Waals surface area contributed by atoms with Gasteiger partial charge in [0, 0.05) is 11.0 Å². The van der Waals surface area contributed by atoms with Crippen molar-refractivity contribution in [3.8, 4) is 5.75 Å². The van der Waals surface area contributed by atoms with Crippen LogP contribution in [-0.4, -0.2) is 18.2 Å². The van der Waals surface area contributed by atoms with Gasteiger partial charge in [-0.05, 0) is 120 Å². The van der Waals surface area contributed by atoms with E-state index < -0.39 is 5.97 Å². The first-order valence-electron chi connectivity index (χ1n) is 16.9. The number of fused-ring (bicyclic) bond motifs is 2. The van der Waals surface area contributed by atoms with Gasteiger partial charge in [-0.25, -0.2) is 4.79 Å². The Morgan fingerprint density at radius 1 is 0.976 bits per heavy atom. The van der Waals surface area contributed by atoms with Gasteiger partial charge in [0.05, 0.1) is 12.7 Å². The van der Waals surface area contributed by atoms with Crippen LogP contribution < -0.4 is 4.74 Å². The molecule has 0 amide bonds. The van der Waals surface area contributed by atoms with Gasteiger partial charge in [-0.3, -0.25) is 0 Å². The lowest BCUT2D eigenvalue weighted by Gasteiger charge is -2.63. The van der Waals surface area contributed by atoms with Gasteiger partial charge in [0.15, 0.2) is 0 Å². The van der Waals surface area contributed by atoms with Crippen molar-refractivity contribution in [2.45, 2.75) is 119 Å². The Bertz CT molecular complexity index is 1240. The van der Waals surface area contributed by atoms with E-state index in [0.29, 0.717) is 27.7 Å². The lowest BCUT2D eigenvalue weighted by molar-refractivity contribution is -0.125. The number of ether oxygens (including phenoxy) is 1. The molecular formula is C38H56O3. The first-order valence-corrected chi connectivity index (χ1v) is 16.9. The lowest BCUT2D eigenvalue weighted by atomic mass is 9.41. The number of methoxy groups -OCH3 is 1. The summed E-state index contributed by atoms with van der Waals surface area (Å²) in [4.78, 5) is 12.6. The molecule has 0 heterocycles. The number of benzene rings is 1. The van der Waals surface area contributed by atoms with E-state index in [-0.39, 0.29) is 10.8 Å². The molecular weight excluding hydrogens is 504 g/mol. The summed E-state index contributed by atoms with van der Waals surface area (Å²) in [6.45, 7) is 17.7. The largest absolute Gasteiger partial charge is 0.496 e. The van der Waals surface area contributed by atoms with Crippen LogP contribution in [0.5, 0.6) is 5.75 Å². The minimum Gasteiger partial charge on any atom is -0.496 e. The van der Waals surface area contributed by atoms with Crippen LogP contribution in [0.1, 0.15) is 135 Å². The molecule has 0 radical (unpaired) electrons. The number of aromatic carboxylic acids is 1. The predicted molar refractivity (Wildman–Crippen MR) is 168 cm³/mol. The Morgan fingerprint density at radius 3 is 2.39 bits per heavy atom. The second-order valence-electron chi connectivity index (χ2n) is 16.8. The van der Waals surface area contributed by atoms with E-state index in [1.54, 1.807) is 13.2 Å². The molecule has 0 saturated heterocycles. The van der Waals surface area contributed by atoms with Gasteiger partial charge < -0.3 is 9.84 Å². The van der Waals surface area contributed by atoms with Crippen LogP contribution in [0.4, 0.5) is 0 Å². The maximum atomic E-state index is 12.6. The molecule has 3 heteroatoms. The van der Waals surface area contributed by atoms with Crippen LogP contribution in [0.15, 0.2) is 24.3 Å². The predicted octanol–water partition coefficient (Wildman–Crippen LogP) is 10.3. The highest BCUT2D eigenvalue weighted by molar-refractivity contribution is 5.97. The lowest BCUT2D eigenvalue weighted by Crippen LogP contribution is -2.56. The summed E-state index contributed by atoms with van der Waals surface area (Å²) in [7, 11) is 1.70. The molecule has 3 nitrogen and oxygen atoms in total. The van der Waals surface area contributed by atoms with E-state index in [9.17, 15) is 9.90 Å². The molecule has 1 aromatic rings. The molecule has 6 rings (SSSR count). The molecule has 1 aromatic carbocycles. The summed E-state index contributed by atoms with van der Waals surface area (Å²) in [6.07, 6.45) is 16.8.